The van der Waals surface area contributed by atoms with Crippen molar-refractivity contribution in [3.8, 4) is 0 Å². The average Bonchev–Trinajstić information content (AvgIpc) is 2.21. The molecule has 0 spiro atoms. The Morgan fingerprint density at radius 3 is 2.60 bits per heavy atom. The molecule has 0 amide bonds. The predicted molar refractivity (Wildman–Crippen MR) is 63.5 cm³/mol. The number of benzene rings is 1. The second kappa shape index (κ2) is 5.94. The van der Waals surface area contributed by atoms with Crippen LogP contribution in [-0.4, -0.2) is 21.6 Å². The molecule has 15 heavy (non-hydrogen) atoms. The Bertz CT molecular complexity index is 333. The lowest BCUT2D eigenvalue weighted by Crippen LogP contribution is -2.19. The molecule has 0 radical (unpaired) electrons. The van der Waals surface area contributed by atoms with Crippen LogP contribution < -0.4 is 0 Å². The van der Waals surface area contributed by atoms with Crippen LogP contribution in [0, 0.1) is 5.82 Å². The highest BCUT2D eigenvalue weighted by Gasteiger charge is 2.21. The van der Waals surface area contributed by atoms with Crippen LogP contribution in [0.1, 0.15) is 18.1 Å². The number of halogens is 3. The maximum Gasteiger partial charge on any atom is 0.129 e. The van der Waals surface area contributed by atoms with Crippen LogP contribution in [0.2, 0.25) is 0 Å². The SMILES string of the molecule is OC(CCBr)C(O)c1cc(Br)ccc1F. The van der Waals surface area contributed by atoms with Crippen LogP contribution in [0.3, 0.4) is 0 Å². The van der Waals surface area contributed by atoms with Crippen LogP contribution in [0.25, 0.3) is 0 Å². The third-order valence-electron chi connectivity index (χ3n) is 2.05. The summed E-state index contributed by atoms with van der Waals surface area (Å²) in [6, 6.07) is 4.27. The summed E-state index contributed by atoms with van der Waals surface area (Å²) in [6.45, 7) is 0. The molecular formula is C10H11Br2FO2. The molecule has 5 heteroatoms. The van der Waals surface area contributed by atoms with E-state index < -0.39 is 18.0 Å². The molecule has 1 aromatic rings. The average molecular weight is 342 g/mol. The molecule has 0 bridgehead atoms. The molecule has 1 rings (SSSR count). The lowest BCUT2D eigenvalue weighted by molar-refractivity contribution is 0.0152. The van der Waals surface area contributed by atoms with Gasteiger partial charge in [0.1, 0.15) is 11.9 Å². The molecule has 0 aliphatic rings. The predicted octanol–water partition coefficient (Wildman–Crippen LogP) is 2.77. The fourth-order valence-corrected chi connectivity index (χ4v) is 2.07. The molecule has 0 fully saturated rings. The van der Waals surface area contributed by atoms with Crippen LogP contribution >= 0.6 is 31.9 Å². The fraction of sp³-hybridized carbons (Fsp3) is 0.400. The van der Waals surface area contributed by atoms with Crippen molar-refractivity contribution in [3.05, 3.63) is 34.1 Å². The number of hydrogen-bond donors (Lipinski definition) is 2. The van der Waals surface area contributed by atoms with E-state index in [0.29, 0.717) is 16.2 Å². The van der Waals surface area contributed by atoms with E-state index in [4.69, 9.17) is 0 Å². The zero-order chi connectivity index (χ0) is 11.4. The zero-order valence-corrected chi connectivity index (χ0v) is 11.0. The van der Waals surface area contributed by atoms with E-state index in [1.165, 1.54) is 12.1 Å². The van der Waals surface area contributed by atoms with Gasteiger partial charge in [0.05, 0.1) is 6.10 Å². The second-order valence-corrected chi connectivity index (χ2v) is 4.86. The largest absolute Gasteiger partial charge is 0.390 e. The molecular weight excluding hydrogens is 331 g/mol. The summed E-state index contributed by atoms with van der Waals surface area (Å²) >= 11 is 6.33. The Morgan fingerprint density at radius 1 is 1.33 bits per heavy atom. The standard InChI is InChI=1S/C10H11Br2FO2/c11-4-3-9(14)10(15)7-5-6(12)1-2-8(7)13/h1-2,5,9-10,14-15H,3-4H2. The van der Waals surface area contributed by atoms with Crippen molar-refractivity contribution in [3.63, 3.8) is 0 Å². The minimum Gasteiger partial charge on any atom is -0.390 e. The lowest BCUT2D eigenvalue weighted by atomic mass is 10.0. The molecule has 84 valence electrons. The van der Waals surface area contributed by atoms with Crippen LogP contribution in [0.5, 0.6) is 0 Å². The first-order chi connectivity index (χ1) is 7.06. The molecule has 2 N–H and O–H groups in total. The minimum absolute atomic E-state index is 0.109. The number of aliphatic hydroxyl groups excluding tert-OH is 2. The monoisotopic (exact) mass is 340 g/mol. The van der Waals surface area contributed by atoms with Gasteiger partial charge in [-0.15, -0.1) is 0 Å². The summed E-state index contributed by atoms with van der Waals surface area (Å²) in [5.74, 6) is -0.515. The van der Waals surface area contributed by atoms with Gasteiger partial charge in [-0.3, -0.25) is 0 Å². The van der Waals surface area contributed by atoms with Crippen molar-refractivity contribution in [1.82, 2.24) is 0 Å². The fourth-order valence-electron chi connectivity index (χ4n) is 1.22. The Kier molecular flexibility index (Phi) is 5.18. The summed E-state index contributed by atoms with van der Waals surface area (Å²) in [6.07, 6.45) is -1.79. The van der Waals surface area contributed by atoms with E-state index in [1.807, 2.05) is 0 Å². The number of aliphatic hydroxyl groups is 2. The van der Waals surface area contributed by atoms with Crippen LogP contribution in [0.15, 0.2) is 22.7 Å². The van der Waals surface area contributed by atoms with Gasteiger partial charge in [0.2, 0.25) is 0 Å². The molecule has 1 aromatic carbocycles. The van der Waals surface area contributed by atoms with Gasteiger partial charge in [-0.25, -0.2) is 4.39 Å². The van der Waals surface area contributed by atoms with E-state index in [0.717, 1.165) is 0 Å². The Morgan fingerprint density at radius 2 is 2.00 bits per heavy atom. The molecule has 2 unspecified atom stereocenters. The van der Waals surface area contributed by atoms with E-state index >= 15 is 0 Å². The van der Waals surface area contributed by atoms with Crippen molar-refractivity contribution >= 4 is 31.9 Å². The highest BCUT2D eigenvalue weighted by Crippen LogP contribution is 2.25. The van der Waals surface area contributed by atoms with Crippen molar-refractivity contribution in [1.29, 1.82) is 0 Å². The summed E-state index contributed by atoms with van der Waals surface area (Å²) in [5, 5.41) is 19.8. The van der Waals surface area contributed by atoms with Gasteiger partial charge in [0.15, 0.2) is 0 Å². The maximum absolute atomic E-state index is 13.3. The van der Waals surface area contributed by atoms with Crippen molar-refractivity contribution in [2.24, 2.45) is 0 Å². The topological polar surface area (TPSA) is 40.5 Å². The molecule has 2 atom stereocenters. The molecule has 0 heterocycles. The van der Waals surface area contributed by atoms with Gasteiger partial charge in [-0.05, 0) is 24.6 Å². The minimum atomic E-state index is -1.19. The van der Waals surface area contributed by atoms with Gasteiger partial charge in [-0.2, -0.15) is 0 Å². The first kappa shape index (κ1) is 13.1. The Balaban J connectivity index is 2.89. The summed E-state index contributed by atoms with van der Waals surface area (Å²) < 4.78 is 14.0. The molecule has 0 aromatic heterocycles. The molecule has 0 saturated heterocycles. The van der Waals surface area contributed by atoms with Crippen molar-refractivity contribution in [2.45, 2.75) is 18.6 Å². The Hall–Kier alpha value is 0.0300. The van der Waals surface area contributed by atoms with Crippen molar-refractivity contribution < 1.29 is 14.6 Å². The third-order valence-corrected chi connectivity index (χ3v) is 3.00. The van der Waals surface area contributed by atoms with E-state index in [-0.39, 0.29) is 5.56 Å². The highest BCUT2D eigenvalue weighted by molar-refractivity contribution is 9.10. The first-order valence-electron chi connectivity index (χ1n) is 4.43. The number of hydrogen-bond acceptors (Lipinski definition) is 2. The number of rotatable bonds is 4. The summed E-state index contributed by atoms with van der Waals surface area (Å²) in [4.78, 5) is 0. The molecule has 2 nitrogen and oxygen atoms in total. The second-order valence-electron chi connectivity index (χ2n) is 3.16. The molecule has 0 saturated carbocycles. The Labute approximate surface area is 104 Å². The molecule has 0 aliphatic carbocycles. The van der Waals surface area contributed by atoms with Gasteiger partial charge in [-0.1, -0.05) is 31.9 Å². The summed E-state index contributed by atoms with van der Waals surface area (Å²) in [5.41, 5.74) is 0.109. The first-order valence-corrected chi connectivity index (χ1v) is 6.34. The molecule has 0 aliphatic heterocycles. The van der Waals surface area contributed by atoms with Gasteiger partial charge in [0.25, 0.3) is 0 Å². The quantitative estimate of drug-likeness (QED) is 0.827. The lowest BCUT2D eigenvalue weighted by Gasteiger charge is -2.17. The van der Waals surface area contributed by atoms with E-state index in [2.05, 4.69) is 31.9 Å². The van der Waals surface area contributed by atoms with Crippen LogP contribution in [0.4, 0.5) is 4.39 Å². The zero-order valence-electron chi connectivity index (χ0n) is 7.83. The maximum atomic E-state index is 13.3. The normalized spacial score (nSPS) is 15.0. The van der Waals surface area contributed by atoms with Gasteiger partial charge in [0, 0.05) is 15.4 Å². The van der Waals surface area contributed by atoms with Crippen molar-refractivity contribution in [2.75, 3.05) is 5.33 Å². The highest BCUT2D eigenvalue weighted by atomic mass is 79.9. The van der Waals surface area contributed by atoms with Gasteiger partial charge < -0.3 is 10.2 Å². The third kappa shape index (κ3) is 3.52. The van der Waals surface area contributed by atoms with E-state index in [1.54, 1.807) is 6.07 Å². The van der Waals surface area contributed by atoms with Crippen LogP contribution in [-0.2, 0) is 0 Å². The smallest absolute Gasteiger partial charge is 0.129 e. The van der Waals surface area contributed by atoms with Gasteiger partial charge >= 0.3 is 0 Å². The van der Waals surface area contributed by atoms with E-state index in [9.17, 15) is 14.6 Å². The number of alkyl halides is 1. The summed E-state index contributed by atoms with van der Waals surface area (Å²) in [7, 11) is 0.